The van der Waals surface area contributed by atoms with E-state index in [9.17, 15) is 9.59 Å². The first-order valence-corrected chi connectivity index (χ1v) is 6.79. The number of aromatic amines is 1. The molecule has 2 rings (SSSR count). The van der Waals surface area contributed by atoms with Crippen LogP contribution in [0.4, 0.5) is 5.82 Å². The maximum absolute atomic E-state index is 11.6. The van der Waals surface area contributed by atoms with E-state index in [2.05, 4.69) is 10.3 Å². The summed E-state index contributed by atoms with van der Waals surface area (Å²) in [6.45, 7) is 0.191. The van der Waals surface area contributed by atoms with E-state index in [0.29, 0.717) is 24.2 Å². The summed E-state index contributed by atoms with van der Waals surface area (Å²) in [6.07, 6.45) is 3.00. The van der Waals surface area contributed by atoms with Gasteiger partial charge in [0.05, 0.1) is 17.8 Å². The molecule has 0 aliphatic carbocycles. The maximum atomic E-state index is 11.6. The van der Waals surface area contributed by atoms with Crippen molar-refractivity contribution in [1.82, 2.24) is 4.98 Å². The van der Waals surface area contributed by atoms with E-state index < -0.39 is 11.9 Å². The molecule has 7 nitrogen and oxygen atoms in total. The molecule has 22 heavy (non-hydrogen) atoms. The fourth-order valence-electron chi connectivity index (χ4n) is 2.28. The molecule has 0 atom stereocenters. The Morgan fingerprint density at radius 3 is 2.41 bits per heavy atom. The maximum Gasteiger partial charge on any atom is 0.335 e. The van der Waals surface area contributed by atoms with E-state index >= 15 is 0 Å². The molecule has 7 N–H and O–H groups in total. The lowest BCUT2D eigenvalue weighted by Crippen LogP contribution is -2.18. The van der Waals surface area contributed by atoms with E-state index in [-0.39, 0.29) is 12.2 Å². The molecule has 0 saturated carbocycles. The minimum Gasteiger partial charge on any atom is -0.478 e. The molecule has 0 aliphatic rings. The first-order chi connectivity index (χ1) is 10.5. The van der Waals surface area contributed by atoms with Gasteiger partial charge < -0.3 is 26.9 Å². The Balaban J connectivity index is 2.11. The number of carbonyl (C=O) groups is 2. The second kappa shape index (κ2) is 6.77. The quantitative estimate of drug-likeness (QED) is 0.485. The van der Waals surface area contributed by atoms with Crippen LogP contribution in [0.3, 0.4) is 0 Å². The normalized spacial score (nSPS) is 10.4. The summed E-state index contributed by atoms with van der Waals surface area (Å²) in [4.78, 5) is 25.3. The van der Waals surface area contributed by atoms with Crippen molar-refractivity contribution < 1.29 is 14.7 Å². The molecule has 0 radical (unpaired) electrons. The minimum atomic E-state index is -0.953. The first kappa shape index (κ1) is 15.6. The number of primary amides is 1. The van der Waals surface area contributed by atoms with Gasteiger partial charge in [0.15, 0.2) is 0 Å². The van der Waals surface area contributed by atoms with Gasteiger partial charge in [-0.1, -0.05) is 12.1 Å². The van der Waals surface area contributed by atoms with Crippen LogP contribution in [0.1, 0.15) is 31.8 Å². The number of amides is 1. The lowest BCUT2D eigenvalue weighted by Gasteiger charge is -2.05. The summed E-state index contributed by atoms with van der Waals surface area (Å²) in [6, 6.07) is 6.65. The van der Waals surface area contributed by atoms with Crippen molar-refractivity contribution in [2.75, 3.05) is 12.0 Å². The molecule has 1 amide bonds. The van der Waals surface area contributed by atoms with E-state index in [1.807, 2.05) is 0 Å². The van der Waals surface area contributed by atoms with E-state index in [4.69, 9.17) is 16.6 Å². The van der Waals surface area contributed by atoms with Crippen molar-refractivity contribution in [1.29, 1.82) is 0 Å². The summed E-state index contributed by atoms with van der Waals surface area (Å²) < 4.78 is 0. The monoisotopic (exact) mass is 302 g/mol. The molecule has 0 spiro atoms. The largest absolute Gasteiger partial charge is 0.478 e. The predicted octanol–water partition coefficient (Wildman–Crippen LogP) is 0.925. The molecule has 1 aromatic carbocycles. The lowest BCUT2D eigenvalue weighted by atomic mass is 10.0. The number of aryl methyl sites for hydroxylation is 2. The van der Waals surface area contributed by atoms with Crippen LogP contribution in [0, 0.1) is 0 Å². The highest BCUT2D eigenvalue weighted by molar-refractivity contribution is 5.99. The fraction of sp³-hybridized carbons (Fsp3) is 0.200. The number of anilines is 1. The van der Waals surface area contributed by atoms with Crippen LogP contribution in [0.25, 0.3) is 0 Å². The third kappa shape index (κ3) is 3.44. The average Bonchev–Trinajstić information content (AvgIpc) is 2.89. The molecule has 1 aromatic heterocycles. The van der Waals surface area contributed by atoms with Crippen LogP contribution in [-0.2, 0) is 12.8 Å². The zero-order valence-corrected chi connectivity index (χ0v) is 11.9. The number of carboxylic acid groups (broad SMARTS) is 1. The van der Waals surface area contributed by atoms with Crippen LogP contribution in [-0.4, -0.2) is 28.6 Å². The number of benzene rings is 1. The highest BCUT2D eigenvalue weighted by atomic mass is 16.4. The number of hydrogen-bond acceptors (Lipinski definition) is 4. The van der Waals surface area contributed by atoms with Gasteiger partial charge in [0.2, 0.25) is 0 Å². The highest BCUT2D eigenvalue weighted by Gasteiger charge is 2.15. The summed E-state index contributed by atoms with van der Waals surface area (Å²) in [5, 5.41) is 11.7. The Bertz CT molecular complexity index is 677. The molecule has 1 heterocycles. The Morgan fingerprint density at radius 1 is 1.18 bits per heavy atom. The van der Waals surface area contributed by atoms with Crippen molar-refractivity contribution in [3.63, 3.8) is 0 Å². The number of rotatable bonds is 7. The van der Waals surface area contributed by atoms with Crippen LogP contribution >= 0.6 is 0 Å². The van der Waals surface area contributed by atoms with Gasteiger partial charge in [0.1, 0.15) is 5.82 Å². The molecule has 0 saturated heterocycles. The Labute approximate surface area is 127 Å². The molecule has 7 heteroatoms. The first-order valence-electron chi connectivity index (χ1n) is 6.79. The fourth-order valence-corrected chi connectivity index (χ4v) is 2.28. The van der Waals surface area contributed by atoms with Gasteiger partial charge in [0.25, 0.3) is 5.91 Å². The van der Waals surface area contributed by atoms with Gasteiger partial charge in [-0.05, 0) is 36.1 Å². The number of carbonyl (C=O) groups excluding carboxylic acids is 1. The SMILES string of the molecule is NCNc1[nH]cc(CCc2ccc(C(=O)O)cc2)c1C(N)=O. The van der Waals surface area contributed by atoms with Crippen LogP contribution in [0.15, 0.2) is 30.5 Å². The van der Waals surface area contributed by atoms with Crippen molar-refractivity contribution in [3.8, 4) is 0 Å². The standard InChI is InChI=1S/C15H18N4O3/c16-8-19-14-12(13(17)20)11(7-18-14)6-3-9-1-4-10(5-2-9)15(21)22/h1-2,4-5,7,18-19H,3,6,8,16H2,(H2,17,20)(H,21,22). The Kier molecular flexibility index (Phi) is 4.80. The number of aromatic nitrogens is 1. The van der Waals surface area contributed by atoms with Gasteiger partial charge in [0, 0.05) is 6.20 Å². The van der Waals surface area contributed by atoms with Gasteiger partial charge in [-0.15, -0.1) is 0 Å². The van der Waals surface area contributed by atoms with Gasteiger partial charge in [-0.3, -0.25) is 4.79 Å². The second-order valence-electron chi connectivity index (χ2n) is 4.81. The summed E-state index contributed by atoms with van der Waals surface area (Å²) >= 11 is 0. The smallest absolute Gasteiger partial charge is 0.335 e. The number of aromatic carboxylic acids is 1. The number of carboxylic acids is 1. The average molecular weight is 302 g/mol. The van der Waals surface area contributed by atoms with Gasteiger partial charge in [-0.2, -0.15) is 0 Å². The van der Waals surface area contributed by atoms with E-state index in [1.54, 1.807) is 30.5 Å². The Morgan fingerprint density at radius 2 is 1.86 bits per heavy atom. The summed E-state index contributed by atoms with van der Waals surface area (Å²) in [5.74, 6) is -0.953. The molecule has 0 aliphatic heterocycles. The molecular weight excluding hydrogens is 284 g/mol. The van der Waals surface area contributed by atoms with Crippen molar-refractivity contribution in [2.24, 2.45) is 11.5 Å². The summed E-state index contributed by atoms with van der Waals surface area (Å²) in [7, 11) is 0. The van der Waals surface area contributed by atoms with Crippen molar-refractivity contribution in [3.05, 3.63) is 52.7 Å². The topological polar surface area (TPSA) is 134 Å². The highest BCUT2D eigenvalue weighted by Crippen LogP contribution is 2.20. The predicted molar refractivity (Wildman–Crippen MR) is 82.8 cm³/mol. The van der Waals surface area contributed by atoms with E-state index in [0.717, 1.165) is 11.1 Å². The van der Waals surface area contributed by atoms with Crippen molar-refractivity contribution in [2.45, 2.75) is 12.8 Å². The summed E-state index contributed by atoms with van der Waals surface area (Å²) in [5.41, 5.74) is 13.3. The second-order valence-corrected chi connectivity index (χ2v) is 4.81. The molecular formula is C15H18N4O3. The zero-order valence-electron chi connectivity index (χ0n) is 11.9. The molecule has 0 bridgehead atoms. The van der Waals surface area contributed by atoms with Crippen LogP contribution in [0.2, 0.25) is 0 Å². The Hall–Kier alpha value is -2.80. The number of nitrogens with one attached hydrogen (secondary N) is 2. The lowest BCUT2D eigenvalue weighted by molar-refractivity contribution is 0.0696. The van der Waals surface area contributed by atoms with Gasteiger partial charge in [-0.25, -0.2) is 4.79 Å². The van der Waals surface area contributed by atoms with Crippen LogP contribution in [0.5, 0.6) is 0 Å². The number of hydrogen-bond donors (Lipinski definition) is 5. The molecule has 0 fully saturated rings. The minimum absolute atomic E-state index is 0.191. The zero-order chi connectivity index (χ0) is 16.1. The number of H-pyrrole nitrogens is 1. The van der Waals surface area contributed by atoms with Crippen molar-refractivity contribution >= 4 is 17.7 Å². The molecule has 0 unspecified atom stereocenters. The van der Waals surface area contributed by atoms with Gasteiger partial charge >= 0.3 is 5.97 Å². The molecule has 2 aromatic rings. The third-order valence-electron chi connectivity index (χ3n) is 3.37. The number of nitrogens with two attached hydrogens (primary N) is 2. The van der Waals surface area contributed by atoms with E-state index in [1.165, 1.54) is 0 Å². The molecule has 116 valence electrons. The van der Waals surface area contributed by atoms with Crippen LogP contribution < -0.4 is 16.8 Å². The third-order valence-corrected chi connectivity index (χ3v) is 3.37.